The van der Waals surface area contributed by atoms with Gasteiger partial charge in [-0.3, -0.25) is 4.79 Å². The van der Waals surface area contributed by atoms with Gasteiger partial charge in [0.2, 0.25) is 10.0 Å². The quantitative estimate of drug-likeness (QED) is 0.777. The summed E-state index contributed by atoms with van der Waals surface area (Å²) in [6, 6.07) is 8.97. The zero-order chi connectivity index (χ0) is 19.6. The van der Waals surface area contributed by atoms with Crippen molar-refractivity contribution in [1.29, 1.82) is 0 Å². The minimum atomic E-state index is -3.73. The number of hydrogen-bond acceptors (Lipinski definition) is 3. The Morgan fingerprint density at radius 1 is 1.12 bits per heavy atom. The largest absolute Gasteiger partial charge is 0.322 e. The van der Waals surface area contributed by atoms with E-state index in [9.17, 15) is 13.2 Å². The van der Waals surface area contributed by atoms with Crippen molar-refractivity contribution in [3.05, 3.63) is 57.6 Å². The van der Waals surface area contributed by atoms with Crippen LogP contribution >= 0.6 is 23.2 Å². The van der Waals surface area contributed by atoms with Crippen LogP contribution in [0, 0.1) is 6.92 Å². The van der Waals surface area contributed by atoms with E-state index in [1.807, 2.05) is 6.92 Å². The summed E-state index contributed by atoms with van der Waals surface area (Å²) >= 11 is 12.1. The number of nitrogens with one attached hydrogen (secondary N) is 1. The van der Waals surface area contributed by atoms with Crippen molar-refractivity contribution in [2.75, 3.05) is 12.4 Å². The van der Waals surface area contributed by atoms with Crippen LogP contribution in [0.5, 0.6) is 0 Å². The Balaban J connectivity index is 2.41. The van der Waals surface area contributed by atoms with Crippen LogP contribution in [0.25, 0.3) is 0 Å². The number of halogens is 2. The van der Waals surface area contributed by atoms with Gasteiger partial charge in [0.15, 0.2) is 0 Å². The first-order valence-corrected chi connectivity index (χ1v) is 10.1. The van der Waals surface area contributed by atoms with E-state index in [1.165, 1.54) is 29.6 Å². The normalized spacial score (nSPS) is 11.8. The van der Waals surface area contributed by atoms with Gasteiger partial charge >= 0.3 is 0 Å². The molecule has 0 aliphatic rings. The number of sulfonamides is 1. The number of nitrogens with zero attached hydrogens (tertiary/aromatic N) is 1. The number of benzene rings is 2. The van der Waals surface area contributed by atoms with Gasteiger partial charge in [0.05, 0.1) is 15.5 Å². The third kappa shape index (κ3) is 4.38. The molecule has 0 atom stereocenters. The van der Waals surface area contributed by atoms with Crippen molar-refractivity contribution < 1.29 is 13.2 Å². The van der Waals surface area contributed by atoms with Gasteiger partial charge in [-0.2, -0.15) is 4.31 Å². The smallest absolute Gasteiger partial charge is 0.257 e. The van der Waals surface area contributed by atoms with Crippen molar-refractivity contribution in [3.63, 3.8) is 0 Å². The molecule has 0 saturated carbocycles. The number of anilines is 1. The molecule has 1 N–H and O–H groups in total. The minimum Gasteiger partial charge on any atom is -0.322 e. The highest BCUT2D eigenvalue weighted by Crippen LogP contribution is 2.26. The van der Waals surface area contributed by atoms with Crippen molar-refractivity contribution in [2.24, 2.45) is 0 Å². The number of carbonyl (C=O) groups excluding carboxylic acids is 1. The van der Waals surface area contributed by atoms with Crippen molar-refractivity contribution in [3.8, 4) is 0 Å². The zero-order valence-electron chi connectivity index (χ0n) is 14.9. The van der Waals surface area contributed by atoms with Crippen molar-refractivity contribution in [1.82, 2.24) is 4.31 Å². The van der Waals surface area contributed by atoms with Crippen LogP contribution in [0.4, 0.5) is 5.69 Å². The standard InChI is InChI=1S/C18H20Cl2N2O3S/c1-11(2)22(4)26(24,25)14-7-8-16(20)15(10-14)18(23)21-17-9-13(19)6-5-12(17)3/h5-11H,1-4H3,(H,21,23). The molecule has 0 heterocycles. The molecule has 0 saturated heterocycles. The molecule has 0 radical (unpaired) electrons. The zero-order valence-corrected chi connectivity index (χ0v) is 17.2. The molecular weight excluding hydrogens is 395 g/mol. The van der Waals surface area contributed by atoms with Crippen molar-refractivity contribution >= 4 is 44.8 Å². The SMILES string of the molecule is Cc1ccc(Cl)cc1NC(=O)c1cc(S(=O)(=O)N(C)C(C)C)ccc1Cl. The lowest BCUT2D eigenvalue weighted by molar-refractivity contribution is 0.102. The molecule has 0 aliphatic heterocycles. The Hall–Kier alpha value is -1.60. The molecule has 2 aromatic carbocycles. The van der Waals surface area contributed by atoms with E-state index in [1.54, 1.807) is 32.0 Å². The third-order valence-electron chi connectivity index (χ3n) is 4.03. The summed E-state index contributed by atoms with van der Waals surface area (Å²) < 4.78 is 26.5. The number of aryl methyl sites for hydroxylation is 1. The van der Waals surface area contributed by atoms with Gasteiger partial charge in [-0.1, -0.05) is 29.3 Å². The van der Waals surface area contributed by atoms with E-state index in [2.05, 4.69) is 5.32 Å². The summed E-state index contributed by atoms with van der Waals surface area (Å²) in [4.78, 5) is 12.6. The third-order valence-corrected chi connectivity index (χ3v) is 6.63. The lowest BCUT2D eigenvalue weighted by Crippen LogP contribution is -2.33. The second-order valence-electron chi connectivity index (χ2n) is 6.17. The molecule has 0 unspecified atom stereocenters. The molecule has 2 aromatic rings. The van der Waals surface area contributed by atoms with E-state index in [0.29, 0.717) is 10.7 Å². The maximum atomic E-state index is 12.7. The second-order valence-corrected chi connectivity index (χ2v) is 9.01. The second kappa shape index (κ2) is 7.96. The maximum Gasteiger partial charge on any atom is 0.257 e. The van der Waals surface area contributed by atoms with Gasteiger partial charge in [-0.05, 0) is 56.7 Å². The maximum absolute atomic E-state index is 12.7. The topological polar surface area (TPSA) is 66.5 Å². The lowest BCUT2D eigenvalue weighted by atomic mass is 10.1. The summed E-state index contributed by atoms with van der Waals surface area (Å²) in [5.41, 5.74) is 1.43. The molecule has 0 fully saturated rings. The minimum absolute atomic E-state index is 0.00562. The van der Waals surface area contributed by atoms with Gasteiger partial charge in [0.25, 0.3) is 5.91 Å². The number of carbonyl (C=O) groups is 1. The van der Waals surface area contributed by atoms with E-state index < -0.39 is 15.9 Å². The van der Waals surface area contributed by atoms with Crippen LogP contribution in [0.2, 0.25) is 10.0 Å². The van der Waals surface area contributed by atoms with Crippen LogP contribution in [0.3, 0.4) is 0 Å². The van der Waals surface area contributed by atoms with Crippen molar-refractivity contribution in [2.45, 2.75) is 31.7 Å². The summed E-state index contributed by atoms with van der Waals surface area (Å²) in [5.74, 6) is -0.510. The fourth-order valence-electron chi connectivity index (χ4n) is 2.20. The average Bonchev–Trinajstić information content (AvgIpc) is 2.57. The van der Waals surface area contributed by atoms with Crippen LogP contribution in [0.15, 0.2) is 41.3 Å². The fraction of sp³-hybridized carbons (Fsp3) is 0.278. The van der Waals surface area contributed by atoms with Gasteiger partial charge in [-0.15, -0.1) is 0 Å². The van der Waals surface area contributed by atoms with E-state index >= 15 is 0 Å². The Labute approximate surface area is 164 Å². The molecular formula is C18H20Cl2N2O3S. The Morgan fingerprint density at radius 3 is 2.38 bits per heavy atom. The average molecular weight is 415 g/mol. The summed E-state index contributed by atoms with van der Waals surface area (Å²) in [5, 5.41) is 3.36. The Morgan fingerprint density at radius 2 is 1.77 bits per heavy atom. The molecule has 8 heteroatoms. The van der Waals surface area contributed by atoms with Crippen LogP contribution in [-0.4, -0.2) is 31.7 Å². The first-order valence-electron chi connectivity index (χ1n) is 7.89. The molecule has 0 aromatic heterocycles. The first kappa shape index (κ1) is 20.7. The monoisotopic (exact) mass is 414 g/mol. The molecule has 0 aliphatic carbocycles. The highest BCUT2D eigenvalue weighted by molar-refractivity contribution is 7.89. The predicted molar refractivity (Wildman–Crippen MR) is 106 cm³/mol. The highest BCUT2D eigenvalue weighted by atomic mass is 35.5. The van der Waals surface area contributed by atoms with Gasteiger partial charge in [-0.25, -0.2) is 8.42 Å². The molecule has 2 rings (SSSR count). The number of hydrogen-bond donors (Lipinski definition) is 1. The lowest BCUT2D eigenvalue weighted by Gasteiger charge is -2.21. The summed E-state index contributed by atoms with van der Waals surface area (Å²) in [6.07, 6.45) is 0. The van der Waals surface area contributed by atoms with Gasteiger partial charge in [0, 0.05) is 23.8 Å². The number of rotatable bonds is 5. The Bertz CT molecular complexity index is 943. The molecule has 140 valence electrons. The highest BCUT2D eigenvalue weighted by Gasteiger charge is 2.25. The first-order chi connectivity index (χ1) is 12.0. The van der Waals surface area contributed by atoms with Crippen LogP contribution in [0.1, 0.15) is 29.8 Å². The van der Waals surface area contributed by atoms with E-state index in [4.69, 9.17) is 23.2 Å². The molecule has 26 heavy (non-hydrogen) atoms. The van der Waals surface area contributed by atoms with E-state index in [-0.39, 0.29) is 21.5 Å². The molecule has 5 nitrogen and oxygen atoms in total. The van der Waals surface area contributed by atoms with Gasteiger partial charge < -0.3 is 5.32 Å². The summed E-state index contributed by atoms with van der Waals surface area (Å²) in [6.45, 7) is 5.36. The molecule has 1 amide bonds. The van der Waals surface area contributed by atoms with E-state index in [0.717, 1.165) is 5.56 Å². The summed E-state index contributed by atoms with van der Waals surface area (Å²) in [7, 11) is -2.24. The van der Waals surface area contributed by atoms with Crippen LogP contribution < -0.4 is 5.32 Å². The van der Waals surface area contributed by atoms with Crippen LogP contribution in [-0.2, 0) is 10.0 Å². The number of amides is 1. The predicted octanol–water partition coefficient (Wildman–Crippen LogP) is 4.58. The molecule has 0 bridgehead atoms. The Kier molecular flexibility index (Phi) is 6.34. The van der Waals surface area contributed by atoms with Gasteiger partial charge in [0.1, 0.15) is 0 Å². The fourth-order valence-corrected chi connectivity index (χ4v) is 3.97. The molecule has 0 spiro atoms.